The minimum absolute atomic E-state index is 0.168. The summed E-state index contributed by atoms with van der Waals surface area (Å²) in [6.07, 6.45) is 5.28. The van der Waals surface area contributed by atoms with E-state index in [0.29, 0.717) is 5.69 Å². The minimum Gasteiger partial charge on any atom is -0.321 e. The van der Waals surface area contributed by atoms with E-state index in [-0.39, 0.29) is 5.91 Å². The zero-order chi connectivity index (χ0) is 14.4. The lowest BCUT2D eigenvalue weighted by Gasteiger charge is -2.05. The first-order chi connectivity index (χ1) is 9.72. The Morgan fingerprint density at radius 3 is 2.55 bits per heavy atom. The van der Waals surface area contributed by atoms with Gasteiger partial charge in [-0.15, -0.1) is 0 Å². The van der Waals surface area contributed by atoms with Gasteiger partial charge in [-0.05, 0) is 43.5 Å². The number of rotatable bonds is 6. The van der Waals surface area contributed by atoms with Crippen molar-refractivity contribution in [1.29, 1.82) is 0 Å². The van der Waals surface area contributed by atoms with Gasteiger partial charge in [0.15, 0.2) is 5.69 Å². The summed E-state index contributed by atoms with van der Waals surface area (Å²) in [6, 6.07) is 9.75. The molecule has 0 aliphatic carbocycles. The number of aromatic nitrogens is 2. The molecular formula is C16H21N3O. The highest BCUT2D eigenvalue weighted by atomic mass is 16.1. The number of carbonyl (C=O) groups is 1. The molecule has 0 saturated carbocycles. The normalized spacial score (nSPS) is 10.5. The number of aryl methyl sites for hydroxylation is 2. The molecule has 1 aromatic carbocycles. The fraction of sp³-hybridized carbons (Fsp3) is 0.375. The monoisotopic (exact) mass is 271 g/mol. The maximum Gasteiger partial charge on any atom is 0.276 e. The van der Waals surface area contributed by atoms with E-state index in [1.807, 2.05) is 25.3 Å². The molecule has 1 heterocycles. The fourth-order valence-electron chi connectivity index (χ4n) is 1.99. The van der Waals surface area contributed by atoms with Crippen LogP contribution in [0.1, 0.15) is 42.7 Å². The van der Waals surface area contributed by atoms with E-state index in [1.165, 1.54) is 18.4 Å². The smallest absolute Gasteiger partial charge is 0.276 e. The van der Waals surface area contributed by atoms with Gasteiger partial charge in [-0.1, -0.05) is 25.5 Å². The Labute approximate surface area is 119 Å². The molecule has 4 heteroatoms. The lowest BCUT2D eigenvalue weighted by molar-refractivity contribution is 0.102. The Kier molecular flexibility index (Phi) is 4.93. The third-order valence-electron chi connectivity index (χ3n) is 3.23. The van der Waals surface area contributed by atoms with Crippen molar-refractivity contribution in [2.75, 3.05) is 5.32 Å². The Morgan fingerprint density at radius 2 is 1.95 bits per heavy atom. The summed E-state index contributed by atoms with van der Waals surface area (Å²) in [6.45, 7) is 4.94. The number of nitrogens with one attached hydrogen (secondary N) is 1. The molecule has 0 bridgehead atoms. The van der Waals surface area contributed by atoms with E-state index < -0.39 is 0 Å². The molecule has 2 rings (SSSR count). The Bertz CT molecular complexity index is 557. The number of anilines is 1. The Morgan fingerprint density at radius 1 is 1.20 bits per heavy atom. The summed E-state index contributed by atoms with van der Waals surface area (Å²) >= 11 is 0. The first-order valence-corrected chi connectivity index (χ1v) is 7.16. The standard InChI is InChI=1S/C16H21N3O/c1-3-5-6-13-7-9-14(10-8-13)17-16(20)15-11-12-19(4-2)18-15/h7-12H,3-6H2,1-2H3,(H,17,20). The van der Waals surface area contributed by atoms with Crippen LogP contribution >= 0.6 is 0 Å². The van der Waals surface area contributed by atoms with Gasteiger partial charge in [0.1, 0.15) is 0 Å². The molecular weight excluding hydrogens is 250 g/mol. The van der Waals surface area contributed by atoms with Crippen LogP contribution in [0.25, 0.3) is 0 Å². The summed E-state index contributed by atoms with van der Waals surface area (Å²) in [5.41, 5.74) is 2.56. The van der Waals surface area contributed by atoms with Gasteiger partial charge < -0.3 is 5.32 Å². The van der Waals surface area contributed by atoms with Gasteiger partial charge in [0, 0.05) is 18.4 Å². The highest BCUT2D eigenvalue weighted by Gasteiger charge is 2.09. The molecule has 0 saturated heterocycles. The van der Waals surface area contributed by atoms with Crippen molar-refractivity contribution in [3.63, 3.8) is 0 Å². The van der Waals surface area contributed by atoms with Gasteiger partial charge in [0.25, 0.3) is 5.91 Å². The van der Waals surface area contributed by atoms with Gasteiger partial charge in [-0.2, -0.15) is 5.10 Å². The molecule has 0 fully saturated rings. The van der Waals surface area contributed by atoms with E-state index in [0.717, 1.165) is 18.7 Å². The molecule has 20 heavy (non-hydrogen) atoms. The second-order valence-corrected chi connectivity index (χ2v) is 4.81. The Balaban J connectivity index is 1.97. The number of hydrogen-bond donors (Lipinski definition) is 1. The van der Waals surface area contributed by atoms with Gasteiger partial charge in [0.05, 0.1) is 0 Å². The van der Waals surface area contributed by atoms with Crippen LogP contribution < -0.4 is 5.32 Å². The summed E-state index contributed by atoms with van der Waals surface area (Å²) in [5.74, 6) is -0.168. The topological polar surface area (TPSA) is 46.9 Å². The van der Waals surface area contributed by atoms with Crippen LogP contribution in [0.4, 0.5) is 5.69 Å². The molecule has 0 spiro atoms. The van der Waals surface area contributed by atoms with E-state index in [9.17, 15) is 4.79 Å². The molecule has 4 nitrogen and oxygen atoms in total. The van der Waals surface area contributed by atoms with E-state index in [1.54, 1.807) is 10.7 Å². The molecule has 2 aromatic rings. The number of amides is 1. The summed E-state index contributed by atoms with van der Waals surface area (Å²) < 4.78 is 1.74. The molecule has 0 atom stereocenters. The molecule has 0 aliphatic rings. The first kappa shape index (κ1) is 14.3. The van der Waals surface area contributed by atoms with Crippen LogP contribution in [0.2, 0.25) is 0 Å². The van der Waals surface area contributed by atoms with E-state index in [2.05, 4.69) is 29.5 Å². The highest BCUT2D eigenvalue weighted by Crippen LogP contribution is 2.12. The van der Waals surface area contributed by atoms with Crippen LogP contribution in [0.15, 0.2) is 36.5 Å². The van der Waals surface area contributed by atoms with Crippen LogP contribution in [0, 0.1) is 0 Å². The minimum atomic E-state index is -0.168. The molecule has 1 amide bonds. The van der Waals surface area contributed by atoms with Crippen LogP contribution in [0.5, 0.6) is 0 Å². The number of nitrogens with zero attached hydrogens (tertiary/aromatic N) is 2. The van der Waals surface area contributed by atoms with Crippen molar-refractivity contribution in [2.45, 2.75) is 39.7 Å². The van der Waals surface area contributed by atoms with Crippen molar-refractivity contribution in [2.24, 2.45) is 0 Å². The largest absolute Gasteiger partial charge is 0.321 e. The Hall–Kier alpha value is -2.10. The highest BCUT2D eigenvalue weighted by molar-refractivity contribution is 6.02. The second kappa shape index (κ2) is 6.89. The van der Waals surface area contributed by atoms with Crippen LogP contribution in [-0.4, -0.2) is 15.7 Å². The van der Waals surface area contributed by atoms with Gasteiger partial charge >= 0.3 is 0 Å². The lowest BCUT2D eigenvalue weighted by atomic mass is 10.1. The zero-order valence-electron chi connectivity index (χ0n) is 12.1. The number of unbranched alkanes of at least 4 members (excludes halogenated alkanes) is 1. The van der Waals surface area contributed by atoms with Gasteiger partial charge in [0.2, 0.25) is 0 Å². The van der Waals surface area contributed by atoms with E-state index >= 15 is 0 Å². The van der Waals surface area contributed by atoms with Crippen LogP contribution in [-0.2, 0) is 13.0 Å². The van der Waals surface area contributed by atoms with Crippen molar-refractivity contribution < 1.29 is 4.79 Å². The lowest BCUT2D eigenvalue weighted by Crippen LogP contribution is -2.13. The fourth-order valence-corrected chi connectivity index (χ4v) is 1.99. The average Bonchev–Trinajstić information content (AvgIpc) is 2.95. The predicted molar refractivity (Wildman–Crippen MR) is 80.9 cm³/mol. The maximum atomic E-state index is 12.0. The zero-order valence-corrected chi connectivity index (χ0v) is 12.1. The van der Waals surface area contributed by atoms with Crippen molar-refractivity contribution in [3.05, 3.63) is 47.8 Å². The quantitative estimate of drug-likeness (QED) is 0.874. The molecule has 1 aromatic heterocycles. The summed E-state index contributed by atoms with van der Waals surface area (Å²) in [4.78, 5) is 12.0. The molecule has 106 valence electrons. The van der Waals surface area contributed by atoms with Crippen molar-refractivity contribution >= 4 is 11.6 Å². The van der Waals surface area contributed by atoms with E-state index in [4.69, 9.17) is 0 Å². The predicted octanol–water partition coefficient (Wildman–Crippen LogP) is 3.50. The molecule has 0 radical (unpaired) electrons. The first-order valence-electron chi connectivity index (χ1n) is 7.16. The number of benzene rings is 1. The summed E-state index contributed by atoms with van der Waals surface area (Å²) in [5, 5.41) is 7.05. The summed E-state index contributed by atoms with van der Waals surface area (Å²) in [7, 11) is 0. The number of carbonyl (C=O) groups excluding carboxylic acids is 1. The van der Waals surface area contributed by atoms with Gasteiger partial charge in [-0.25, -0.2) is 0 Å². The second-order valence-electron chi connectivity index (χ2n) is 4.81. The third kappa shape index (κ3) is 3.70. The van der Waals surface area contributed by atoms with Crippen molar-refractivity contribution in [1.82, 2.24) is 9.78 Å². The van der Waals surface area contributed by atoms with Gasteiger partial charge in [-0.3, -0.25) is 9.48 Å². The molecule has 0 unspecified atom stereocenters. The number of hydrogen-bond acceptors (Lipinski definition) is 2. The third-order valence-corrected chi connectivity index (χ3v) is 3.23. The van der Waals surface area contributed by atoms with Crippen molar-refractivity contribution in [3.8, 4) is 0 Å². The average molecular weight is 271 g/mol. The molecule has 1 N–H and O–H groups in total. The SMILES string of the molecule is CCCCc1ccc(NC(=O)c2ccn(CC)n2)cc1. The molecule has 0 aliphatic heterocycles. The van der Waals surface area contributed by atoms with Crippen LogP contribution in [0.3, 0.4) is 0 Å². The maximum absolute atomic E-state index is 12.0.